The number of aryl methyl sites for hydroxylation is 3. The number of fused-ring (bicyclic) bond motifs is 12. The lowest BCUT2D eigenvalue weighted by molar-refractivity contribution is 0.463. The van der Waals surface area contributed by atoms with Gasteiger partial charge < -0.3 is 18.9 Å². The van der Waals surface area contributed by atoms with Crippen molar-refractivity contribution in [2.24, 2.45) is 0 Å². The Morgan fingerprint density at radius 3 is 1.92 bits per heavy atom. The van der Waals surface area contributed by atoms with E-state index in [9.17, 15) is 0 Å². The minimum absolute atomic E-state index is 0.138. The van der Waals surface area contributed by atoms with Crippen LogP contribution in [0.5, 0.6) is 23.0 Å². The Bertz CT molecular complexity index is 3540. The number of nitrogens with zero attached hydrogens (tertiary/aromatic N) is 2. The first-order valence-electron chi connectivity index (χ1n) is 22.0. The van der Waals surface area contributed by atoms with Crippen molar-refractivity contribution in [2.45, 2.75) is 40.0 Å². The molecular weight excluding hydrogens is 767 g/mol. The quantitative estimate of drug-likeness (QED) is 0.166. The second-order valence-electron chi connectivity index (χ2n) is 18.3. The van der Waals surface area contributed by atoms with E-state index in [4.69, 9.17) is 9.47 Å². The first-order chi connectivity index (χ1) is 30.7. The Labute approximate surface area is 367 Å². The van der Waals surface area contributed by atoms with Crippen molar-refractivity contribution in [3.8, 4) is 39.8 Å². The fourth-order valence-corrected chi connectivity index (χ4v) is 11.0. The largest absolute Gasteiger partial charge is 0.458 e. The Balaban J connectivity index is 1.16. The fraction of sp³-hybridized carbons (Fsp3) is 0.103. The highest BCUT2D eigenvalue weighted by Gasteiger charge is 2.47. The van der Waals surface area contributed by atoms with Gasteiger partial charge in [-0.25, -0.2) is 0 Å². The number of rotatable bonds is 4. The van der Waals surface area contributed by atoms with E-state index in [2.05, 4.69) is 214 Å². The Hall–Kier alpha value is -7.50. The second-order valence-corrected chi connectivity index (χ2v) is 18.3. The predicted octanol–water partition coefficient (Wildman–Crippen LogP) is 13.4. The van der Waals surface area contributed by atoms with Crippen LogP contribution in [0.25, 0.3) is 49.4 Å². The maximum atomic E-state index is 7.69. The van der Waals surface area contributed by atoms with Crippen molar-refractivity contribution >= 4 is 72.7 Å². The molecule has 1 aromatic heterocycles. The molecule has 300 valence electrons. The Morgan fingerprint density at radius 1 is 0.508 bits per heavy atom. The van der Waals surface area contributed by atoms with Gasteiger partial charge in [-0.3, -0.25) is 0 Å². The van der Waals surface area contributed by atoms with Gasteiger partial charge in [0.25, 0.3) is 6.71 Å². The third-order valence-electron chi connectivity index (χ3n) is 14.1. The van der Waals surface area contributed by atoms with Crippen LogP contribution in [0.1, 0.15) is 41.7 Å². The van der Waals surface area contributed by atoms with Crippen LogP contribution in [0, 0.1) is 20.8 Å². The Kier molecular flexibility index (Phi) is 7.47. The zero-order valence-corrected chi connectivity index (χ0v) is 36.0. The molecule has 0 unspecified atom stereocenters. The highest BCUT2D eigenvalue weighted by molar-refractivity contribution is 6.98. The Morgan fingerprint density at radius 2 is 1.16 bits per heavy atom. The monoisotopic (exact) mass is 810 g/mol. The lowest BCUT2D eigenvalue weighted by Gasteiger charge is -2.37. The maximum Gasteiger partial charge on any atom is 0.260 e. The first-order valence-corrected chi connectivity index (χ1v) is 22.0. The molecule has 9 aromatic carbocycles. The number of anilines is 3. The van der Waals surface area contributed by atoms with E-state index in [1.165, 1.54) is 60.5 Å². The van der Waals surface area contributed by atoms with Crippen LogP contribution in [0.2, 0.25) is 0 Å². The first kappa shape index (κ1) is 36.2. The van der Waals surface area contributed by atoms with Crippen molar-refractivity contribution in [1.29, 1.82) is 0 Å². The van der Waals surface area contributed by atoms with E-state index in [0.29, 0.717) is 0 Å². The molecule has 0 bridgehead atoms. The van der Waals surface area contributed by atoms with Gasteiger partial charge in [-0.05, 0) is 102 Å². The lowest BCUT2D eigenvalue weighted by atomic mass is 9.34. The highest BCUT2D eigenvalue weighted by Crippen LogP contribution is 2.55. The average Bonchev–Trinajstić information content (AvgIpc) is 3.75. The van der Waals surface area contributed by atoms with Gasteiger partial charge in [0.1, 0.15) is 23.0 Å². The van der Waals surface area contributed by atoms with Gasteiger partial charge in [0.2, 0.25) is 0 Å². The smallest absolute Gasteiger partial charge is 0.260 e. The standard InChI is InChI=1S/C58H43BN2O2/c1-34-18-24-38(25-19-34)60(39-26-20-35(2)21-27-39)40-31-51-55-52(32-40)63-57-47(59(55)46-30-36(3)22-29-50(46)62-51)33-45-54(42-14-8-10-16-44(42)58(45,4)5)56(57)61-48-17-11-9-15-43(48)53-41-13-7-6-12-37(41)23-28-49(53)61/h6-33H,1-5H3. The molecule has 0 N–H and O–H groups in total. The molecule has 0 fully saturated rings. The summed E-state index contributed by atoms with van der Waals surface area (Å²) < 4.78 is 17.2. The molecule has 1 aliphatic carbocycles. The molecule has 3 heterocycles. The van der Waals surface area contributed by atoms with E-state index in [1.807, 2.05) is 0 Å². The molecule has 0 atom stereocenters. The number of ether oxygens (including phenoxy) is 2. The van der Waals surface area contributed by atoms with Gasteiger partial charge in [0, 0.05) is 50.7 Å². The third-order valence-corrected chi connectivity index (χ3v) is 14.1. The molecule has 2 aliphatic heterocycles. The van der Waals surface area contributed by atoms with Gasteiger partial charge in [0.05, 0.1) is 22.4 Å². The van der Waals surface area contributed by atoms with E-state index in [1.54, 1.807) is 0 Å². The van der Waals surface area contributed by atoms with Crippen LogP contribution in [0.4, 0.5) is 17.1 Å². The number of hydrogen-bond donors (Lipinski definition) is 0. The zero-order valence-electron chi connectivity index (χ0n) is 36.0. The van der Waals surface area contributed by atoms with Crippen molar-refractivity contribution < 1.29 is 9.47 Å². The molecule has 63 heavy (non-hydrogen) atoms. The minimum atomic E-state index is -0.267. The lowest BCUT2D eigenvalue weighted by Crippen LogP contribution is -2.58. The maximum absolute atomic E-state index is 7.69. The summed E-state index contributed by atoms with van der Waals surface area (Å²) in [5, 5.41) is 4.95. The SMILES string of the molecule is Cc1ccc(N(c2ccc(C)cc2)c2cc3c4c(c2)Oc2c(cc5c(c2-n2c6ccccc6c6c7ccccc7ccc62)-c2ccccc2C5(C)C)B4c2cc(C)ccc2O3)cc1. The molecule has 0 amide bonds. The summed E-state index contributed by atoms with van der Waals surface area (Å²) in [7, 11) is 0. The van der Waals surface area contributed by atoms with Crippen LogP contribution in [0.15, 0.2) is 170 Å². The normalized spacial score (nSPS) is 13.8. The molecule has 13 rings (SSSR count). The summed E-state index contributed by atoms with van der Waals surface area (Å²) in [6.07, 6.45) is 0. The molecule has 0 saturated carbocycles. The fourth-order valence-electron chi connectivity index (χ4n) is 11.0. The summed E-state index contributed by atoms with van der Waals surface area (Å²) in [6.45, 7) is 11.1. The van der Waals surface area contributed by atoms with E-state index in [0.717, 1.165) is 73.2 Å². The van der Waals surface area contributed by atoms with Crippen molar-refractivity contribution in [1.82, 2.24) is 4.57 Å². The second kappa shape index (κ2) is 13.0. The zero-order chi connectivity index (χ0) is 42.3. The van der Waals surface area contributed by atoms with Crippen LogP contribution in [-0.4, -0.2) is 11.3 Å². The van der Waals surface area contributed by atoms with Crippen LogP contribution in [0.3, 0.4) is 0 Å². The number of para-hydroxylation sites is 1. The van der Waals surface area contributed by atoms with Crippen molar-refractivity contribution in [2.75, 3.05) is 4.90 Å². The average molecular weight is 811 g/mol. The number of benzene rings is 9. The van der Waals surface area contributed by atoms with Crippen molar-refractivity contribution in [3.63, 3.8) is 0 Å². The summed E-state index contributed by atoms with van der Waals surface area (Å²) in [4.78, 5) is 2.32. The van der Waals surface area contributed by atoms with E-state index in [-0.39, 0.29) is 12.1 Å². The molecule has 5 heteroatoms. The third kappa shape index (κ3) is 5.11. The van der Waals surface area contributed by atoms with Crippen LogP contribution >= 0.6 is 0 Å². The van der Waals surface area contributed by atoms with E-state index < -0.39 is 0 Å². The van der Waals surface area contributed by atoms with E-state index >= 15 is 0 Å². The summed E-state index contributed by atoms with van der Waals surface area (Å²) in [5.74, 6) is 3.37. The summed E-state index contributed by atoms with van der Waals surface area (Å²) in [5.41, 5.74) is 18.3. The molecule has 0 radical (unpaired) electrons. The number of hydrogen-bond acceptors (Lipinski definition) is 3. The van der Waals surface area contributed by atoms with Crippen LogP contribution < -0.4 is 30.8 Å². The van der Waals surface area contributed by atoms with Crippen molar-refractivity contribution in [3.05, 3.63) is 198 Å². The topological polar surface area (TPSA) is 26.6 Å². The molecule has 0 saturated heterocycles. The molecule has 0 spiro atoms. The number of aromatic nitrogens is 1. The van der Waals surface area contributed by atoms with Gasteiger partial charge >= 0.3 is 0 Å². The van der Waals surface area contributed by atoms with Gasteiger partial charge in [0.15, 0.2) is 0 Å². The molecular formula is C58H43BN2O2. The minimum Gasteiger partial charge on any atom is -0.458 e. The molecule has 4 nitrogen and oxygen atoms in total. The predicted molar refractivity (Wildman–Crippen MR) is 262 cm³/mol. The highest BCUT2D eigenvalue weighted by atomic mass is 16.5. The summed E-state index contributed by atoms with van der Waals surface area (Å²) in [6, 6.07) is 62.3. The van der Waals surface area contributed by atoms with Gasteiger partial charge in [-0.15, -0.1) is 0 Å². The summed E-state index contributed by atoms with van der Waals surface area (Å²) >= 11 is 0. The van der Waals surface area contributed by atoms with Crippen LogP contribution in [-0.2, 0) is 5.41 Å². The molecule has 3 aliphatic rings. The van der Waals surface area contributed by atoms with Gasteiger partial charge in [-0.2, -0.15) is 0 Å². The molecule has 10 aromatic rings. The van der Waals surface area contributed by atoms with Gasteiger partial charge in [-0.1, -0.05) is 146 Å².